The molecule has 0 fully saturated rings. The first-order valence-electron chi connectivity index (χ1n) is 10.9. The van der Waals surface area contributed by atoms with E-state index in [1.165, 1.54) is 0 Å². The summed E-state index contributed by atoms with van der Waals surface area (Å²) in [5.41, 5.74) is -0.527. The molecule has 32 heavy (non-hydrogen) atoms. The van der Waals surface area contributed by atoms with Gasteiger partial charge < -0.3 is 33.7 Å². The van der Waals surface area contributed by atoms with Gasteiger partial charge in [-0.1, -0.05) is 0 Å². The summed E-state index contributed by atoms with van der Waals surface area (Å²) in [7, 11) is 0. The summed E-state index contributed by atoms with van der Waals surface area (Å²) in [6, 6.07) is 0. The molecule has 0 atom stereocenters. The Kier molecular flexibility index (Phi) is 17.5. The zero-order valence-electron chi connectivity index (χ0n) is 20.1. The van der Waals surface area contributed by atoms with E-state index in [2.05, 4.69) is 5.32 Å². The van der Waals surface area contributed by atoms with Crippen molar-refractivity contribution in [2.75, 3.05) is 79.0 Å². The highest BCUT2D eigenvalue weighted by Crippen LogP contribution is 2.06. The first-order valence-corrected chi connectivity index (χ1v) is 10.9. The Balaban J connectivity index is 3.74. The summed E-state index contributed by atoms with van der Waals surface area (Å²) in [6.45, 7) is 12.4. The molecule has 11 nitrogen and oxygen atoms in total. The van der Waals surface area contributed by atoms with Crippen molar-refractivity contribution in [3.8, 4) is 0 Å². The van der Waals surface area contributed by atoms with E-state index >= 15 is 0 Å². The van der Waals surface area contributed by atoms with Crippen LogP contribution in [-0.2, 0) is 38.0 Å². The number of nitrogens with one attached hydrogen (secondary N) is 1. The minimum atomic E-state index is -0.527. The van der Waals surface area contributed by atoms with Crippen LogP contribution in [0.4, 0.5) is 4.79 Å². The van der Waals surface area contributed by atoms with Crippen molar-refractivity contribution < 1.29 is 42.8 Å². The highest BCUT2D eigenvalue weighted by Gasteiger charge is 2.16. The Morgan fingerprint density at radius 1 is 0.750 bits per heavy atom. The second-order valence-electron chi connectivity index (χ2n) is 7.59. The molecule has 0 aromatic carbocycles. The summed E-state index contributed by atoms with van der Waals surface area (Å²) in [5, 5.41) is 2.60. The minimum absolute atomic E-state index is 0.00730. The molecule has 0 heterocycles. The molecule has 1 amide bonds. The number of esters is 2. The van der Waals surface area contributed by atoms with Crippen LogP contribution in [0, 0.1) is 0 Å². The van der Waals surface area contributed by atoms with Gasteiger partial charge in [0.15, 0.2) is 0 Å². The van der Waals surface area contributed by atoms with E-state index in [-0.39, 0.29) is 26.3 Å². The molecule has 0 saturated carbocycles. The van der Waals surface area contributed by atoms with Crippen molar-refractivity contribution in [2.45, 2.75) is 40.2 Å². The zero-order chi connectivity index (χ0) is 24.2. The lowest BCUT2D eigenvalue weighted by Gasteiger charge is -2.20. The van der Waals surface area contributed by atoms with Crippen LogP contribution in [-0.4, -0.2) is 108 Å². The molecular weight excluding hydrogens is 424 g/mol. The third kappa shape index (κ3) is 20.0. The Labute approximate surface area is 191 Å². The van der Waals surface area contributed by atoms with E-state index in [1.807, 2.05) is 0 Å². The van der Waals surface area contributed by atoms with Crippen molar-refractivity contribution in [1.29, 1.82) is 0 Å². The lowest BCUT2D eigenvalue weighted by molar-refractivity contribution is -0.148. The molecule has 0 aromatic rings. The summed E-state index contributed by atoms with van der Waals surface area (Å²) >= 11 is 0. The monoisotopic (exact) mass is 464 g/mol. The first-order chi connectivity index (χ1) is 15.2. The van der Waals surface area contributed by atoms with Crippen LogP contribution in [0.2, 0.25) is 0 Å². The Hall–Kier alpha value is -1.95. The number of hydrogen-bond donors (Lipinski definition) is 1. The molecule has 188 valence electrons. The molecule has 1 N–H and O–H groups in total. The fourth-order valence-electron chi connectivity index (χ4n) is 2.27. The first kappa shape index (κ1) is 30.0. The molecule has 0 bridgehead atoms. The van der Waals surface area contributed by atoms with E-state index in [9.17, 15) is 14.4 Å². The average molecular weight is 465 g/mol. The molecule has 0 spiro atoms. The normalized spacial score (nSPS) is 11.3. The lowest BCUT2D eigenvalue weighted by Crippen LogP contribution is -2.38. The van der Waals surface area contributed by atoms with Gasteiger partial charge in [-0.25, -0.2) is 4.79 Å². The van der Waals surface area contributed by atoms with Gasteiger partial charge in [-0.3, -0.25) is 14.5 Å². The van der Waals surface area contributed by atoms with Gasteiger partial charge in [0.2, 0.25) is 0 Å². The number of nitrogens with zero attached hydrogens (tertiary/aromatic N) is 1. The van der Waals surface area contributed by atoms with Crippen LogP contribution in [0.1, 0.15) is 34.6 Å². The van der Waals surface area contributed by atoms with Crippen molar-refractivity contribution in [3.05, 3.63) is 0 Å². The van der Waals surface area contributed by atoms with Gasteiger partial charge in [0.05, 0.1) is 65.9 Å². The number of carbonyl (C=O) groups is 3. The third-order valence-corrected chi connectivity index (χ3v) is 3.53. The maximum Gasteiger partial charge on any atom is 0.407 e. The van der Waals surface area contributed by atoms with E-state index in [0.29, 0.717) is 52.7 Å². The third-order valence-electron chi connectivity index (χ3n) is 3.53. The Morgan fingerprint density at radius 3 is 1.69 bits per heavy atom. The maximum absolute atomic E-state index is 11.7. The van der Waals surface area contributed by atoms with E-state index < -0.39 is 23.6 Å². The van der Waals surface area contributed by atoms with Crippen molar-refractivity contribution in [1.82, 2.24) is 10.2 Å². The topological polar surface area (TPSA) is 122 Å². The predicted octanol–water partition coefficient (Wildman–Crippen LogP) is 0.989. The van der Waals surface area contributed by atoms with Gasteiger partial charge in [-0.15, -0.1) is 0 Å². The summed E-state index contributed by atoms with van der Waals surface area (Å²) < 4.78 is 31.2. The van der Waals surface area contributed by atoms with Gasteiger partial charge in [-0.05, 0) is 34.6 Å². The van der Waals surface area contributed by atoms with Crippen molar-refractivity contribution >= 4 is 18.0 Å². The van der Waals surface area contributed by atoms with E-state index in [4.69, 9.17) is 28.4 Å². The standard InChI is InChI=1S/C21H40N2O9/c1-6-30-18(24)16-23(17-19(25)31-7-2)9-11-28-13-15-29-14-12-27-10-8-22-20(26)32-21(3,4)5/h6-17H2,1-5H3,(H,22,26). The molecule has 0 aliphatic carbocycles. The summed E-state index contributed by atoms with van der Waals surface area (Å²) in [4.78, 5) is 36.4. The summed E-state index contributed by atoms with van der Waals surface area (Å²) in [5.74, 6) is -0.803. The van der Waals surface area contributed by atoms with Crippen LogP contribution in [0.5, 0.6) is 0 Å². The fourth-order valence-corrected chi connectivity index (χ4v) is 2.27. The fraction of sp³-hybridized carbons (Fsp3) is 0.857. The Bertz CT molecular complexity index is 504. The second-order valence-corrected chi connectivity index (χ2v) is 7.59. The molecule has 0 aliphatic heterocycles. The van der Waals surface area contributed by atoms with Crippen molar-refractivity contribution in [3.63, 3.8) is 0 Å². The predicted molar refractivity (Wildman–Crippen MR) is 116 cm³/mol. The van der Waals surface area contributed by atoms with Crippen molar-refractivity contribution in [2.24, 2.45) is 0 Å². The highest BCUT2D eigenvalue weighted by atomic mass is 16.6. The van der Waals surface area contributed by atoms with Gasteiger partial charge >= 0.3 is 18.0 Å². The number of rotatable bonds is 18. The van der Waals surface area contributed by atoms with Crippen LogP contribution >= 0.6 is 0 Å². The zero-order valence-corrected chi connectivity index (χ0v) is 20.1. The molecule has 0 saturated heterocycles. The quantitative estimate of drug-likeness (QED) is 0.178. The largest absolute Gasteiger partial charge is 0.465 e. The van der Waals surface area contributed by atoms with E-state index in [1.54, 1.807) is 39.5 Å². The summed E-state index contributed by atoms with van der Waals surface area (Å²) in [6.07, 6.45) is -0.474. The molecule has 0 unspecified atom stereocenters. The molecule has 0 rings (SSSR count). The number of amides is 1. The molecule has 11 heteroatoms. The van der Waals surface area contributed by atoms with Gasteiger partial charge in [-0.2, -0.15) is 0 Å². The molecule has 0 radical (unpaired) electrons. The second kappa shape index (κ2) is 18.6. The SMILES string of the molecule is CCOC(=O)CN(CCOCCOCCOCCNC(=O)OC(C)(C)C)CC(=O)OCC. The van der Waals surface area contributed by atoms with Crippen LogP contribution in [0.25, 0.3) is 0 Å². The van der Waals surface area contributed by atoms with Gasteiger partial charge in [0, 0.05) is 13.1 Å². The minimum Gasteiger partial charge on any atom is -0.465 e. The van der Waals surface area contributed by atoms with Crippen LogP contribution in [0.3, 0.4) is 0 Å². The number of carbonyl (C=O) groups excluding carboxylic acids is 3. The maximum atomic E-state index is 11.7. The van der Waals surface area contributed by atoms with Crippen LogP contribution in [0.15, 0.2) is 0 Å². The number of alkyl carbamates (subject to hydrolysis) is 1. The average Bonchev–Trinajstić information content (AvgIpc) is 2.67. The Morgan fingerprint density at radius 2 is 1.22 bits per heavy atom. The smallest absolute Gasteiger partial charge is 0.407 e. The van der Waals surface area contributed by atoms with Crippen LogP contribution < -0.4 is 5.32 Å². The highest BCUT2D eigenvalue weighted by molar-refractivity contribution is 5.75. The van der Waals surface area contributed by atoms with Gasteiger partial charge in [0.1, 0.15) is 5.60 Å². The molecule has 0 aliphatic rings. The lowest BCUT2D eigenvalue weighted by atomic mass is 10.2. The van der Waals surface area contributed by atoms with E-state index in [0.717, 1.165) is 0 Å². The van der Waals surface area contributed by atoms with Gasteiger partial charge in [0.25, 0.3) is 0 Å². The number of ether oxygens (including phenoxy) is 6. The molecular formula is C21H40N2O9. The number of hydrogen-bond acceptors (Lipinski definition) is 10. The molecule has 0 aromatic heterocycles.